The molecule has 1 N–H and O–H groups in total. The van der Waals surface area contributed by atoms with Crippen molar-refractivity contribution in [3.8, 4) is 5.69 Å². The third kappa shape index (κ3) is 3.29. The predicted octanol–water partition coefficient (Wildman–Crippen LogP) is 2.39. The average Bonchev–Trinajstić information content (AvgIpc) is 3.12. The maximum atomic E-state index is 12.6. The molecule has 0 atom stereocenters. The van der Waals surface area contributed by atoms with Crippen LogP contribution in [0.25, 0.3) is 5.69 Å². The summed E-state index contributed by atoms with van der Waals surface area (Å²) in [6, 6.07) is 17.1. The van der Waals surface area contributed by atoms with Crippen LogP contribution in [-0.2, 0) is 11.2 Å². The molecule has 7 nitrogen and oxygen atoms in total. The van der Waals surface area contributed by atoms with Gasteiger partial charge in [-0.1, -0.05) is 18.2 Å². The fourth-order valence-electron chi connectivity index (χ4n) is 3.29. The van der Waals surface area contributed by atoms with Gasteiger partial charge in [0, 0.05) is 30.9 Å². The van der Waals surface area contributed by atoms with Crippen molar-refractivity contribution in [1.29, 1.82) is 0 Å². The van der Waals surface area contributed by atoms with Crippen LogP contribution in [0.3, 0.4) is 0 Å². The van der Waals surface area contributed by atoms with Crippen molar-refractivity contribution in [3.63, 3.8) is 0 Å². The number of hydrogen-bond acceptors (Lipinski definition) is 4. The van der Waals surface area contributed by atoms with Crippen LogP contribution in [-0.4, -0.2) is 28.1 Å². The minimum atomic E-state index is -0.411. The first-order valence-electron chi connectivity index (χ1n) is 8.91. The molecule has 28 heavy (non-hydrogen) atoms. The lowest BCUT2D eigenvalue weighted by atomic mass is 10.1. The van der Waals surface area contributed by atoms with Crippen molar-refractivity contribution >= 4 is 23.2 Å². The number of hydrogen-bond donors (Lipinski definition) is 1. The van der Waals surface area contributed by atoms with E-state index in [0.29, 0.717) is 17.9 Å². The maximum absolute atomic E-state index is 12.6. The largest absolute Gasteiger partial charge is 0.321 e. The SMILES string of the molecule is CC(=O)N1CCc2cc(NC(=O)c3ccc(=O)n(-c4ccccc4)n3)ccc21. The summed E-state index contributed by atoms with van der Waals surface area (Å²) in [6.07, 6.45) is 0.746. The number of aromatic nitrogens is 2. The summed E-state index contributed by atoms with van der Waals surface area (Å²) in [7, 11) is 0. The zero-order chi connectivity index (χ0) is 19.7. The molecule has 1 aliphatic heterocycles. The monoisotopic (exact) mass is 374 g/mol. The van der Waals surface area contributed by atoms with Gasteiger partial charge in [-0.05, 0) is 48.4 Å². The molecule has 0 aliphatic carbocycles. The molecule has 0 saturated heterocycles. The zero-order valence-electron chi connectivity index (χ0n) is 15.3. The molecule has 3 aromatic rings. The normalized spacial score (nSPS) is 12.5. The van der Waals surface area contributed by atoms with Crippen molar-refractivity contribution in [2.45, 2.75) is 13.3 Å². The molecule has 2 aromatic carbocycles. The molecule has 1 aliphatic rings. The standard InChI is InChI=1S/C21H18N4O3/c1-14(26)24-12-11-15-13-16(7-9-19(15)24)22-21(28)18-8-10-20(27)25(23-18)17-5-3-2-4-6-17/h2-10,13H,11-12H2,1H3,(H,22,28). The molecule has 2 heterocycles. The Morgan fingerprint density at radius 1 is 1.04 bits per heavy atom. The fourth-order valence-corrected chi connectivity index (χ4v) is 3.29. The van der Waals surface area contributed by atoms with E-state index in [4.69, 9.17) is 0 Å². The molecule has 0 bridgehead atoms. The van der Waals surface area contributed by atoms with E-state index in [9.17, 15) is 14.4 Å². The van der Waals surface area contributed by atoms with E-state index in [-0.39, 0.29) is 17.2 Å². The van der Waals surface area contributed by atoms with Crippen LogP contribution in [0.2, 0.25) is 0 Å². The molecule has 0 radical (unpaired) electrons. The van der Waals surface area contributed by atoms with Gasteiger partial charge in [0.15, 0.2) is 0 Å². The highest BCUT2D eigenvalue weighted by atomic mass is 16.2. The molecule has 4 rings (SSSR count). The second-order valence-corrected chi connectivity index (χ2v) is 6.52. The Kier molecular flexibility index (Phi) is 4.49. The van der Waals surface area contributed by atoms with Crippen LogP contribution in [0.15, 0.2) is 65.5 Å². The topological polar surface area (TPSA) is 84.3 Å². The van der Waals surface area contributed by atoms with Gasteiger partial charge in [-0.3, -0.25) is 14.4 Å². The molecule has 0 spiro atoms. The highest BCUT2D eigenvalue weighted by molar-refractivity contribution is 6.03. The Bertz CT molecular complexity index is 1120. The van der Waals surface area contributed by atoms with E-state index < -0.39 is 5.91 Å². The molecular weight excluding hydrogens is 356 g/mol. The smallest absolute Gasteiger partial charge is 0.276 e. The van der Waals surface area contributed by atoms with Crippen LogP contribution >= 0.6 is 0 Å². The number of nitrogens with zero attached hydrogens (tertiary/aromatic N) is 3. The molecular formula is C21H18N4O3. The Morgan fingerprint density at radius 2 is 1.82 bits per heavy atom. The third-order valence-corrected chi connectivity index (χ3v) is 4.65. The van der Waals surface area contributed by atoms with Gasteiger partial charge in [0.2, 0.25) is 5.91 Å². The Labute approximate surface area is 161 Å². The number of carbonyl (C=O) groups excluding carboxylic acids is 2. The number of fused-ring (bicyclic) bond motifs is 1. The summed E-state index contributed by atoms with van der Waals surface area (Å²) < 4.78 is 1.20. The van der Waals surface area contributed by atoms with Gasteiger partial charge in [-0.15, -0.1) is 0 Å². The first-order valence-corrected chi connectivity index (χ1v) is 8.91. The van der Waals surface area contributed by atoms with Crippen molar-refractivity contribution < 1.29 is 9.59 Å². The summed E-state index contributed by atoms with van der Waals surface area (Å²) in [4.78, 5) is 38.1. The van der Waals surface area contributed by atoms with Gasteiger partial charge in [0.25, 0.3) is 11.5 Å². The van der Waals surface area contributed by atoms with Gasteiger partial charge in [0.1, 0.15) is 5.69 Å². The highest BCUT2D eigenvalue weighted by Gasteiger charge is 2.22. The fraction of sp³-hybridized carbons (Fsp3) is 0.143. The van der Waals surface area contributed by atoms with E-state index >= 15 is 0 Å². The number of rotatable bonds is 3. The third-order valence-electron chi connectivity index (χ3n) is 4.65. The first-order chi connectivity index (χ1) is 13.5. The number of amides is 2. The van der Waals surface area contributed by atoms with Crippen molar-refractivity contribution in [3.05, 3.63) is 82.3 Å². The minimum absolute atomic E-state index is 0.00269. The number of anilines is 2. The summed E-state index contributed by atoms with van der Waals surface area (Å²) in [6.45, 7) is 2.18. The van der Waals surface area contributed by atoms with Crippen LogP contribution in [0.4, 0.5) is 11.4 Å². The molecule has 0 fully saturated rings. The summed E-state index contributed by atoms with van der Waals surface area (Å²) in [5, 5.41) is 7.00. The number of nitrogens with one attached hydrogen (secondary N) is 1. The van der Waals surface area contributed by atoms with Crippen LogP contribution in [0, 0.1) is 0 Å². The summed E-state index contributed by atoms with van der Waals surface area (Å²) >= 11 is 0. The lowest BCUT2D eigenvalue weighted by Crippen LogP contribution is -2.25. The van der Waals surface area contributed by atoms with E-state index in [1.807, 2.05) is 18.2 Å². The second kappa shape index (κ2) is 7.11. The Morgan fingerprint density at radius 3 is 2.57 bits per heavy atom. The van der Waals surface area contributed by atoms with Crippen LogP contribution in [0.1, 0.15) is 23.0 Å². The van der Waals surface area contributed by atoms with Gasteiger partial charge in [-0.25, -0.2) is 0 Å². The van der Waals surface area contributed by atoms with E-state index in [0.717, 1.165) is 17.7 Å². The summed E-state index contributed by atoms with van der Waals surface area (Å²) in [5.41, 5.74) is 2.91. The Balaban J connectivity index is 1.58. The average molecular weight is 374 g/mol. The molecule has 1 aromatic heterocycles. The zero-order valence-corrected chi connectivity index (χ0v) is 15.3. The van der Waals surface area contributed by atoms with Crippen molar-refractivity contribution in [2.24, 2.45) is 0 Å². The minimum Gasteiger partial charge on any atom is -0.321 e. The summed E-state index contributed by atoms with van der Waals surface area (Å²) in [5.74, 6) is -0.408. The van der Waals surface area contributed by atoms with Crippen LogP contribution in [0.5, 0.6) is 0 Å². The predicted molar refractivity (Wildman–Crippen MR) is 106 cm³/mol. The van der Waals surface area contributed by atoms with Crippen molar-refractivity contribution in [2.75, 3.05) is 16.8 Å². The first kappa shape index (κ1) is 17.7. The Hall–Kier alpha value is -3.74. The molecule has 0 saturated carbocycles. The number of benzene rings is 2. The van der Waals surface area contributed by atoms with Crippen molar-refractivity contribution in [1.82, 2.24) is 9.78 Å². The lowest BCUT2D eigenvalue weighted by Gasteiger charge is -2.15. The number of carbonyl (C=O) groups is 2. The lowest BCUT2D eigenvalue weighted by molar-refractivity contribution is -0.116. The molecule has 0 unspecified atom stereocenters. The van der Waals surface area contributed by atoms with E-state index in [1.165, 1.54) is 23.7 Å². The second-order valence-electron chi connectivity index (χ2n) is 6.52. The highest BCUT2D eigenvalue weighted by Crippen LogP contribution is 2.30. The number of para-hydroxylation sites is 1. The van der Waals surface area contributed by atoms with Gasteiger partial charge < -0.3 is 10.2 Å². The van der Waals surface area contributed by atoms with E-state index in [1.54, 1.807) is 35.2 Å². The van der Waals surface area contributed by atoms with Gasteiger partial charge >= 0.3 is 0 Å². The maximum Gasteiger partial charge on any atom is 0.276 e. The van der Waals surface area contributed by atoms with Gasteiger partial charge in [-0.2, -0.15) is 9.78 Å². The molecule has 2 amide bonds. The quantitative estimate of drug-likeness (QED) is 0.763. The molecule has 140 valence electrons. The van der Waals surface area contributed by atoms with Crippen LogP contribution < -0.4 is 15.8 Å². The van der Waals surface area contributed by atoms with Gasteiger partial charge in [0.05, 0.1) is 5.69 Å². The molecule has 7 heteroatoms. The van der Waals surface area contributed by atoms with E-state index in [2.05, 4.69) is 10.4 Å².